The molecule has 0 fully saturated rings. The molecule has 1 atom stereocenters. The van der Waals surface area contributed by atoms with Crippen LogP contribution in [0.15, 0.2) is 59.5 Å². The van der Waals surface area contributed by atoms with E-state index in [9.17, 15) is 13.2 Å². The van der Waals surface area contributed by atoms with E-state index in [1.54, 1.807) is 26.2 Å². The van der Waals surface area contributed by atoms with Gasteiger partial charge in [-0.3, -0.25) is 4.79 Å². The Hall–Kier alpha value is -2.90. The number of carbonyl (C=O) groups is 1. The van der Waals surface area contributed by atoms with E-state index in [2.05, 4.69) is 5.32 Å². The molecule has 3 aromatic carbocycles. The van der Waals surface area contributed by atoms with Crippen LogP contribution in [0.3, 0.4) is 0 Å². The Balaban J connectivity index is 1.84. The van der Waals surface area contributed by atoms with Gasteiger partial charge in [-0.05, 0) is 59.5 Å². The fourth-order valence-corrected chi connectivity index (χ4v) is 4.10. The number of aryl methyl sites for hydroxylation is 1. The van der Waals surface area contributed by atoms with Gasteiger partial charge < -0.3 is 10.1 Å². The largest absolute Gasteiger partial charge is 0.497 e. The van der Waals surface area contributed by atoms with Crippen LogP contribution in [0, 0.1) is 0 Å². The van der Waals surface area contributed by atoms with Crippen molar-refractivity contribution in [2.24, 2.45) is 5.14 Å². The number of methoxy groups -OCH3 is 1. The summed E-state index contributed by atoms with van der Waals surface area (Å²) in [6.45, 7) is 3.65. The fourth-order valence-electron chi connectivity index (χ4n) is 3.23. The summed E-state index contributed by atoms with van der Waals surface area (Å²) in [7, 11) is -2.25. The van der Waals surface area contributed by atoms with Crippen molar-refractivity contribution in [3.05, 3.63) is 65.7 Å². The number of hydrogen-bond donors (Lipinski definition) is 2. The first-order chi connectivity index (χ1) is 13.7. The van der Waals surface area contributed by atoms with Crippen LogP contribution >= 0.6 is 0 Å². The van der Waals surface area contributed by atoms with E-state index in [1.165, 1.54) is 6.07 Å². The minimum atomic E-state index is -3.87. The number of nitrogens with one attached hydrogen (secondary N) is 1. The minimum Gasteiger partial charge on any atom is -0.497 e. The van der Waals surface area contributed by atoms with Gasteiger partial charge in [-0.2, -0.15) is 0 Å². The maximum Gasteiger partial charge on any atom is 0.238 e. The highest BCUT2D eigenvalue weighted by atomic mass is 32.2. The van der Waals surface area contributed by atoms with Crippen molar-refractivity contribution >= 4 is 32.4 Å². The summed E-state index contributed by atoms with van der Waals surface area (Å²) in [6.07, 6.45) is 0.526. The van der Waals surface area contributed by atoms with E-state index >= 15 is 0 Å². The number of nitrogens with two attached hydrogens (primary N) is 1. The zero-order valence-corrected chi connectivity index (χ0v) is 17.4. The van der Waals surface area contributed by atoms with Gasteiger partial charge in [0, 0.05) is 5.69 Å². The molecule has 6 nitrogen and oxygen atoms in total. The van der Waals surface area contributed by atoms with E-state index in [1.807, 2.05) is 43.3 Å². The second-order valence-electron chi connectivity index (χ2n) is 6.90. The van der Waals surface area contributed by atoms with Crippen LogP contribution in [0.1, 0.15) is 30.9 Å². The molecule has 7 heteroatoms. The topological polar surface area (TPSA) is 98.5 Å². The van der Waals surface area contributed by atoms with Gasteiger partial charge in [0.2, 0.25) is 15.9 Å². The Labute approximate surface area is 170 Å². The molecule has 3 N–H and O–H groups in total. The van der Waals surface area contributed by atoms with Gasteiger partial charge in [0.05, 0.1) is 17.9 Å². The highest BCUT2D eigenvalue weighted by Crippen LogP contribution is 2.27. The molecule has 0 saturated carbocycles. The lowest BCUT2D eigenvalue weighted by atomic mass is 9.97. The smallest absolute Gasteiger partial charge is 0.238 e. The standard InChI is InChI=1S/C22H24N2O4S/c1-4-15-7-9-19(13-21(15)29(23,26)27)24-22(25)14(2)16-5-6-18-12-20(28-3)10-8-17(18)11-16/h5-14H,4H2,1-3H3,(H,24,25)(H2,23,26,27)/t14-/m0/s1. The van der Waals surface area contributed by atoms with E-state index in [0.29, 0.717) is 17.7 Å². The average molecular weight is 413 g/mol. The number of amides is 1. The van der Waals surface area contributed by atoms with Crippen molar-refractivity contribution in [2.75, 3.05) is 12.4 Å². The summed E-state index contributed by atoms with van der Waals surface area (Å²) in [5.74, 6) is 0.116. The van der Waals surface area contributed by atoms with Gasteiger partial charge in [-0.1, -0.05) is 37.3 Å². The maximum absolute atomic E-state index is 12.8. The summed E-state index contributed by atoms with van der Waals surface area (Å²) in [6, 6.07) is 16.3. The average Bonchev–Trinajstić information content (AvgIpc) is 2.71. The first-order valence-corrected chi connectivity index (χ1v) is 10.8. The molecule has 1 amide bonds. The van der Waals surface area contributed by atoms with Gasteiger partial charge in [0.25, 0.3) is 0 Å². The molecular weight excluding hydrogens is 388 g/mol. The number of rotatable bonds is 6. The maximum atomic E-state index is 12.8. The molecule has 29 heavy (non-hydrogen) atoms. The molecule has 0 spiro atoms. The van der Waals surface area contributed by atoms with E-state index in [-0.39, 0.29) is 10.8 Å². The zero-order chi connectivity index (χ0) is 21.2. The van der Waals surface area contributed by atoms with Crippen molar-refractivity contribution in [1.29, 1.82) is 0 Å². The van der Waals surface area contributed by atoms with E-state index in [4.69, 9.17) is 9.88 Å². The number of benzene rings is 3. The lowest BCUT2D eigenvalue weighted by molar-refractivity contribution is -0.117. The molecule has 0 radical (unpaired) electrons. The van der Waals surface area contributed by atoms with Crippen LogP contribution in [-0.2, 0) is 21.2 Å². The Kier molecular flexibility index (Phi) is 5.91. The van der Waals surface area contributed by atoms with E-state index < -0.39 is 15.9 Å². The zero-order valence-electron chi connectivity index (χ0n) is 16.6. The van der Waals surface area contributed by atoms with E-state index in [0.717, 1.165) is 22.1 Å². The molecule has 3 aromatic rings. The molecule has 152 valence electrons. The summed E-state index contributed by atoms with van der Waals surface area (Å²) in [4.78, 5) is 12.8. The number of anilines is 1. The molecule has 0 aliphatic heterocycles. The van der Waals surface area contributed by atoms with Crippen molar-refractivity contribution < 1.29 is 17.9 Å². The second kappa shape index (κ2) is 8.23. The molecule has 0 aliphatic carbocycles. The molecule has 0 saturated heterocycles. The molecule has 3 rings (SSSR count). The number of carbonyl (C=O) groups excluding carboxylic acids is 1. The minimum absolute atomic E-state index is 0.0325. The van der Waals surface area contributed by atoms with Crippen molar-refractivity contribution in [3.63, 3.8) is 0 Å². The van der Waals surface area contributed by atoms with Gasteiger partial charge in [-0.25, -0.2) is 13.6 Å². The summed E-state index contributed by atoms with van der Waals surface area (Å²) < 4.78 is 28.9. The van der Waals surface area contributed by atoms with Crippen molar-refractivity contribution in [1.82, 2.24) is 0 Å². The first kappa shape index (κ1) is 20.8. The van der Waals surface area contributed by atoms with Crippen LogP contribution in [0.2, 0.25) is 0 Å². The third-order valence-corrected chi connectivity index (χ3v) is 5.98. The third-order valence-electron chi connectivity index (χ3n) is 4.99. The number of ether oxygens (including phenoxy) is 1. The lowest BCUT2D eigenvalue weighted by Crippen LogP contribution is -2.20. The van der Waals surface area contributed by atoms with Crippen LogP contribution in [0.25, 0.3) is 10.8 Å². The Bertz CT molecular complexity index is 1170. The summed E-state index contributed by atoms with van der Waals surface area (Å²) >= 11 is 0. The third kappa shape index (κ3) is 4.58. The van der Waals surface area contributed by atoms with Crippen LogP contribution < -0.4 is 15.2 Å². The second-order valence-corrected chi connectivity index (χ2v) is 8.43. The Morgan fingerprint density at radius 3 is 2.41 bits per heavy atom. The van der Waals surface area contributed by atoms with Gasteiger partial charge in [0.1, 0.15) is 5.75 Å². The summed E-state index contributed by atoms with van der Waals surface area (Å²) in [5, 5.41) is 10.1. The highest BCUT2D eigenvalue weighted by molar-refractivity contribution is 7.89. The molecule has 0 heterocycles. The van der Waals surface area contributed by atoms with Crippen LogP contribution in [0.5, 0.6) is 5.75 Å². The van der Waals surface area contributed by atoms with Gasteiger partial charge in [-0.15, -0.1) is 0 Å². The van der Waals surface area contributed by atoms with Crippen LogP contribution in [-0.4, -0.2) is 21.4 Å². The normalized spacial score (nSPS) is 12.6. The predicted octanol–water partition coefficient (Wildman–Crippen LogP) is 3.80. The molecule has 0 bridgehead atoms. The predicted molar refractivity (Wildman–Crippen MR) is 115 cm³/mol. The van der Waals surface area contributed by atoms with Gasteiger partial charge in [0.15, 0.2) is 0 Å². The molecular formula is C22H24N2O4S. The number of fused-ring (bicyclic) bond motifs is 1. The molecule has 0 aromatic heterocycles. The quantitative estimate of drug-likeness (QED) is 0.643. The number of primary sulfonamides is 1. The van der Waals surface area contributed by atoms with Crippen molar-refractivity contribution in [3.8, 4) is 5.75 Å². The lowest BCUT2D eigenvalue weighted by Gasteiger charge is -2.15. The van der Waals surface area contributed by atoms with Crippen molar-refractivity contribution in [2.45, 2.75) is 31.1 Å². The monoisotopic (exact) mass is 412 g/mol. The number of sulfonamides is 1. The Morgan fingerprint density at radius 2 is 1.76 bits per heavy atom. The van der Waals surface area contributed by atoms with Crippen LogP contribution in [0.4, 0.5) is 5.69 Å². The van der Waals surface area contributed by atoms with Gasteiger partial charge >= 0.3 is 0 Å². The fraction of sp³-hybridized carbons (Fsp3) is 0.227. The first-order valence-electron chi connectivity index (χ1n) is 9.27. The summed E-state index contributed by atoms with van der Waals surface area (Å²) in [5.41, 5.74) is 1.87. The number of hydrogen-bond acceptors (Lipinski definition) is 4. The molecule has 0 aliphatic rings. The SMILES string of the molecule is CCc1ccc(NC(=O)[C@@H](C)c2ccc3cc(OC)ccc3c2)cc1S(N)(=O)=O. The molecule has 0 unspecified atom stereocenters. The highest BCUT2D eigenvalue weighted by Gasteiger charge is 2.18. The Morgan fingerprint density at radius 1 is 1.07 bits per heavy atom.